The molecule has 0 saturated heterocycles. The summed E-state index contributed by atoms with van der Waals surface area (Å²) >= 11 is 6.07. The molecule has 3 aromatic carbocycles. The van der Waals surface area contributed by atoms with Crippen LogP contribution in [0.3, 0.4) is 0 Å². The number of carbonyl (C=O) groups is 2. The van der Waals surface area contributed by atoms with E-state index < -0.39 is 17.8 Å². The van der Waals surface area contributed by atoms with Gasteiger partial charge in [-0.25, -0.2) is 4.79 Å². The van der Waals surface area contributed by atoms with Crippen LogP contribution in [0.2, 0.25) is 5.02 Å². The molecule has 4 aromatic rings. The summed E-state index contributed by atoms with van der Waals surface area (Å²) in [7, 11) is 0. The fourth-order valence-corrected chi connectivity index (χ4v) is 4.06. The summed E-state index contributed by atoms with van der Waals surface area (Å²) in [5, 5.41) is 11.3. The quantitative estimate of drug-likeness (QED) is 0.247. The number of halogens is 4. The van der Waals surface area contributed by atoms with Crippen molar-refractivity contribution >= 4 is 40.1 Å². The van der Waals surface area contributed by atoms with E-state index in [-0.39, 0.29) is 11.3 Å². The molecule has 4 rings (SSSR count). The van der Waals surface area contributed by atoms with Gasteiger partial charge < -0.3 is 10.1 Å². The molecule has 1 aromatic heterocycles. The van der Waals surface area contributed by atoms with Gasteiger partial charge in [0.1, 0.15) is 0 Å². The number of carbonyl (C=O) groups excluding carboxylic acids is 1. The van der Waals surface area contributed by atoms with Crippen molar-refractivity contribution in [3.8, 4) is 0 Å². The number of rotatable bonds is 6. The van der Waals surface area contributed by atoms with Crippen molar-refractivity contribution in [2.24, 2.45) is 0 Å². The molecular formula is C28H26ClF3N2O3. The number of fused-ring (bicyclic) bond motifs is 1. The molecular weight excluding hydrogens is 505 g/mol. The maximum atomic E-state index is 12.1. The molecule has 9 heteroatoms. The van der Waals surface area contributed by atoms with Gasteiger partial charge in [0, 0.05) is 39.9 Å². The van der Waals surface area contributed by atoms with Crippen molar-refractivity contribution in [3.63, 3.8) is 0 Å². The molecule has 0 radical (unpaired) electrons. The van der Waals surface area contributed by atoms with E-state index in [9.17, 15) is 27.9 Å². The van der Waals surface area contributed by atoms with E-state index in [2.05, 4.69) is 4.98 Å². The molecule has 0 bridgehead atoms. The third-order valence-electron chi connectivity index (χ3n) is 5.79. The molecule has 0 aliphatic rings. The Labute approximate surface area is 217 Å². The minimum atomic E-state index is -4.38. The molecule has 0 unspecified atom stereocenters. The first-order chi connectivity index (χ1) is 17.5. The van der Waals surface area contributed by atoms with Gasteiger partial charge in [-0.1, -0.05) is 41.9 Å². The van der Waals surface area contributed by atoms with Gasteiger partial charge >= 0.3 is 12.3 Å². The van der Waals surface area contributed by atoms with E-state index in [1.54, 1.807) is 0 Å². The van der Waals surface area contributed by atoms with Crippen molar-refractivity contribution in [3.05, 3.63) is 100 Å². The Morgan fingerprint density at radius 1 is 1.03 bits per heavy atom. The van der Waals surface area contributed by atoms with Crippen LogP contribution in [0.15, 0.2) is 72.9 Å². The second-order valence-electron chi connectivity index (χ2n) is 8.46. The van der Waals surface area contributed by atoms with E-state index in [1.807, 2.05) is 55.6 Å². The minimum Gasteiger partial charge on any atom is -0.465 e. The molecule has 0 atom stereocenters. The van der Waals surface area contributed by atoms with E-state index in [0.29, 0.717) is 11.6 Å². The summed E-state index contributed by atoms with van der Waals surface area (Å²) in [6, 6.07) is 17.7. The molecule has 0 fully saturated rings. The normalized spacial score (nSPS) is 11.1. The lowest BCUT2D eigenvalue weighted by atomic mass is 10.1. The third kappa shape index (κ3) is 7.36. The molecule has 1 heterocycles. The molecule has 0 aliphatic heterocycles. The Morgan fingerprint density at radius 3 is 2.41 bits per heavy atom. The van der Waals surface area contributed by atoms with Crippen LogP contribution in [0, 0.1) is 6.92 Å². The number of nitrogens with one attached hydrogen (secondary N) is 1. The summed E-state index contributed by atoms with van der Waals surface area (Å²) in [4.78, 5) is 27.0. The lowest BCUT2D eigenvalue weighted by molar-refractivity contribution is -0.137. The highest BCUT2D eigenvalue weighted by Crippen LogP contribution is 2.29. The number of carboxylic acid groups (broad SMARTS) is 1. The number of benzene rings is 3. The van der Waals surface area contributed by atoms with Gasteiger partial charge in [-0.15, -0.1) is 0 Å². The van der Waals surface area contributed by atoms with Crippen molar-refractivity contribution < 1.29 is 27.9 Å². The number of Topliss-reactive ketones (excluding diaryl/α,β-unsaturated/α-hetero) is 1. The maximum Gasteiger partial charge on any atom is 0.416 e. The highest BCUT2D eigenvalue weighted by Gasteiger charge is 2.30. The van der Waals surface area contributed by atoms with Gasteiger partial charge in [-0.2, -0.15) is 13.2 Å². The average Bonchev–Trinajstić information content (AvgIpc) is 3.24. The van der Waals surface area contributed by atoms with Crippen molar-refractivity contribution in [2.75, 3.05) is 11.4 Å². The lowest BCUT2D eigenvalue weighted by Gasteiger charge is -2.21. The zero-order valence-electron chi connectivity index (χ0n) is 20.3. The summed E-state index contributed by atoms with van der Waals surface area (Å²) < 4.78 is 36.4. The largest absolute Gasteiger partial charge is 0.465 e. The number of aryl methyl sites for hydroxylation is 2. The highest BCUT2D eigenvalue weighted by atomic mass is 35.5. The number of H-pyrrole nitrogens is 1. The molecule has 5 nitrogen and oxygen atoms in total. The Hall–Kier alpha value is -3.78. The molecule has 1 amide bonds. The Balaban J connectivity index is 0.000000248. The zero-order chi connectivity index (χ0) is 27.2. The SMILES string of the molecule is CC(=O)c1cccc(C(F)(F)F)c1.Cc1ccccc1N(CCCc1c[nH]c2ccc(Cl)cc12)C(=O)O. The molecule has 0 aliphatic carbocycles. The van der Waals surface area contributed by atoms with Crippen molar-refractivity contribution in [2.45, 2.75) is 32.9 Å². The third-order valence-corrected chi connectivity index (χ3v) is 6.03. The van der Waals surface area contributed by atoms with E-state index >= 15 is 0 Å². The maximum absolute atomic E-state index is 12.1. The zero-order valence-corrected chi connectivity index (χ0v) is 21.0. The number of hydrogen-bond donors (Lipinski definition) is 2. The van der Waals surface area contributed by atoms with Gasteiger partial charge in [-0.05, 0) is 74.2 Å². The van der Waals surface area contributed by atoms with Crippen LogP contribution in [0.5, 0.6) is 0 Å². The van der Waals surface area contributed by atoms with Crippen LogP contribution in [0.4, 0.5) is 23.7 Å². The first-order valence-electron chi connectivity index (χ1n) is 11.5. The second kappa shape index (κ2) is 12.0. The highest BCUT2D eigenvalue weighted by molar-refractivity contribution is 6.31. The first-order valence-corrected chi connectivity index (χ1v) is 11.8. The summed E-state index contributed by atoms with van der Waals surface area (Å²) in [5.41, 5.74) is 3.19. The molecule has 0 spiro atoms. The molecule has 0 saturated carbocycles. The lowest BCUT2D eigenvalue weighted by Crippen LogP contribution is -2.31. The fraction of sp³-hybridized carbons (Fsp3) is 0.214. The van der Waals surface area contributed by atoms with Crippen molar-refractivity contribution in [1.82, 2.24) is 4.98 Å². The van der Waals surface area contributed by atoms with Crippen LogP contribution < -0.4 is 4.90 Å². The number of nitrogens with zero attached hydrogens (tertiary/aromatic N) is 1. The van der Waals surface area contributed by atoms with Crippen LogP contribution in [0.25, 0.3) is 10.9 Å². The first kappa shape index (κ1) is 27.8. The van der Waals surface area contributed by atoms with E-state index in [0.717, 1.165) is 52.7 Å². The molecule has 194 valence electrons. The number of hydrogen-bond acceptors (Lipinski definition) is 2. The molecule has 2 N–H and O–H groups in total. The number of para-hydroxylation sites is 1. The Kier molecular flexibility index (Phi) is 8.99. The minimum absolute atomic E-state index is 0.0785. The summed E-state index contributed by atoms with van der Waals surface area (Å²) in [6.07, 6.45) is -1.81. The number of anilines is 1. The number of amides is 1. The number of alkyl halides is 3. The molecule has 37 heavy (non-hydrogen) atoms. The topological polar surface area (TPSA) is 73.4 Å². The van der Waals surface area contributed by atoms with Crippen LogP contribution in [-0.4, -0.2) is 28.5 Å². The predicted octanol–water partition coefficient (Wildman–Crippen LogP) is 8.15. The van der Waals surface area contributed by atoms with Gasteiger partial charge in [0.2, 0.25) is 0 Å². The van der Waals surface area contributed by atoms with Crippen molar-refractivity contribution in [1.29, 1.82) is 0 Å². The van der Waals surface area contributed by atoms with Gasteiger partial charge in [0.25, 0.3) is 0 Å². The van der Waals surface area contributed by atoms with Crippen LogP contribution in [-0.2, 0) is 12.6 Å². The number of aromatic amines is 1. The standard InChI is InChI=1S/C19H19ClN2O2.C9H7F3O/c1-13-5-2-3-7-18(13)22(19(23)24)10-4-6-14-12-21-17-9-8-15(20)11-16(14)17;1-6(13)7-3-2-4-8(5-7)9(10,11)12/h2-3,5,7-9,11-12,21H,4,6,10H2,1H3,(H,23,24);2-5H,1H3. The van der Waals surface area contributed by atoms with Crippen LogP contribution >= 0.6 is 11.6 Å². The number of aromatic nitrogens is 1. The van der Waals surface area contributed by atoms with Gasteiger partial charge in [0.05, 0.1) is 5.56 Å². The van der Waals surface area contributed by atoms with Gasteiger partial charge in [0.15, 0.2) is 5.78 Å². The number of ketones is 1. The predicted molar refractivity (Wildman–Crippen MR) is 140 cm³/mol. The fourth-order valence-electron chi connectivity index (χ4n) is 3.89. The summed E-state index contributed by atoms with van der Waals surface area (Å²) in [6.45, 7) is 3.61. The smallest absolute Gasteiger partial charge is 0.416 e. The van der Waals surface area contributed by atoms with E-state index in [1.165, 1.54) is 24.0 Å². The van der Waals surface area contributed by atoms with Gasteiger partial charge in [-0.3, -0.25) is 9.69 Å². The summed E-state index contributed by atoms with van der Waals surface area (Å²) in [5.74, 6) is -0.369. The Morgan fingerprint density at radius 2 is 1.76 bits per heavy atom. The Bertz CT molecular complexity index is 1400. The average molecular weight is 531 g/mol. The monoisotopic (exact) mass is 530 g/mol. The van der Waals surface area contributed by atoms with E-state index in [4.69, 9.17) is 11.6 Å². The second-order valence-corrected chi connectivity index (χ2v) is 8.90. The van der Waals surface area contributed by atoms with Crippen LogP contribution in [0.1, 0.15) is 40.4 Å².